The summed E-state index contributed by atoms with van der Waals surface area (Å²) in [5.41, 5.74) is 4.48. The lowest BCUT2D eigenvalue weighted by atomic mass is 9.58. The maximum absolute atomic E-state index is 14.3. The average molecular weight is 715 g/mol. The van der Waals surface area contributed by atoms with E-state index in [1.165, 1.54) is 5.56 Å². The molecule has 3 aromatic carbocycles. The van der Waals surface area contributed by atoms with Crippen molar-refractivity contribution in [1.82, 2.24) is 20.2 Å². The number of nitrogens with zero attached hydrogens (tertiary/aromatic N) is 3. The lowest BCUT2D eigenvalue weighted by molar-refractivity contribution is -0.182. The Morgan fingerprint density at radius 2 is 1.60 bits per heavy atom. The van der Waals surface area contributed by atoms with E-state index in [1.807, 2.05) is 36.4 Å². The third-order valence-electron chi connectivity index (χ3n) is 12.4. The lowest BCUT2D eigenvalue weighted by Crippen LogP contribution is -2.56. The molecule has 0 radical (unpaired) electrons. The highest BCUT2D eigenvalue weighted by atomic mass is 16.7. The van der Waals surface area contributed by atoms with E-state index in [9.17, 15) is 20.1 Å². The SMILES string of the molecule is C[C@@H]1[C@@H](NC(=O)[C@@H]2[C@H]([C@H](C)O)[C@H](CO)ON2Cc2cccc(CN(Cc3cccc(O)c3)[C@H](CN(C)C)c3ccccc3)c2)C[C@@H](C)C(C)(C)[C@H]1C. The number of amides is 1. The Balaban J connectivity index is 1.41. The Morgan fingerprint density at radius 3 is 2.21 bits per heavy atom. The number of phenolic OH excluding ortho intramolecular Hbond substituents is 1. The van der Waals surface area contributed by atoms with Crippen LogP contribution in [-0.2, 0) is 29.3 Å². The van der Waals surface area contributed by atoms with E-state index < -0.39 is 24.2 Å². The summed E-state index contributed by atoms with van der Waals surface area (Å²) >= 11 is 0. The average Bonchev–Trinajstić information content (AvgIpc) is 3.48. The number of aliphatic hydroxyl groups is 2. The number of carbonyl (C=O) groups is 1. The smallest absolute Gasteiger partial charge is 0.240 e. The molecule has 9 heteroatoms. The largest absolute Gasteiger partial charge is 0.508 e. The number of rotatable bonds is 14. The van der Waals surface area contributed by atoms with Crippen LogP contribution in [-0.4, -0.2) is 87.6 Å². The molecule has 3 aromatic rings. The summed E-state index contributed by atoms with van der Waals surface area (Å²) in [4.78, 5) is 25.2. The molecule has 1 aliphatic carbocycles. The molecule has 1 heterocycles. The minimum absolute atomic E-state index is 0.00997. The number of likely N-dealkylation sites (N-methyl/N-ethyl adjacent to an activating group) is 1. The van der Waals surface area contributed by atoms with Gasteiger partial charge in [-0.05, 0) is 85.0 Å². The summed E-state index contributed by atoms with van der Waals surface area (Å²) in [7, 11) is 4.17. The van der Waals surface area contributed by atoms with Crippen molar-refractivity contribution in [3.63, 3.8) is 0 Å². The molecule has 1 saturated carbocycles. The van der Waals surface area contributed by atoms with Gasteiger partial charge in [0.05, 0.1) is 19.3 Å². The normalized spacial score (nSPS) is 27.5. The second-order valence-electron chi connectivity index (χ2n) is 16.5. The Hall–Kier alpha value is -3.31. The van der Waals surface area contributed by atoms with E-state index in [-0.39, 0.29) is 41.7 Å². The van der Waals surface area contributed by atoms with Gasteiger partial charge in [0.2, 0.25) is 5.91 Å². The fraction of sp³-hybridized carbons (Fsp3) is 0.558. The molecule has 284 valence electrons. The molecule has 0 aromatic heterocycles. The van der Waals surface area contributed by atoms with E-state index in [0.717, 1.165) is 29.7 Å². The van der Waals surface area contributed by atoms with Gasteiger partial charge in [-0.25, -0.2) is 0 Å². The van der Waals surface area contributed by atoms with E-state index in [4.69, 9.17) is 4.84 Å². The number of nitrogens with one attached hydrogen (secondary N) is 1. The number of hydrogen-bond acceptors (Lipinski definition) is 8. The van der Waals surface area contributed by atoms with Gasteiger partial charge in [-0.1, -0.05) is 101 Å². The Bertz CT molecular complexity index is 1600. The second kappa shape index (κ2) is 17.2. The maximum atomic E-state index is 14.3. The van der Waals surface area contributed by atoms with Gasteiger partial charge in [0.1, 0.15) is 17.9 Å². The third kappa shape index (κ3) is 9.24. The number of benzene rings is 3. The van der Waals surface area contributed by atoms with Crippen LogP contribution in [0.4, 0.5) is 0 Å². The van der Waals surface area contributed by atoms with Crippen LogP contribution in [0, 0.1) is 29.1 Å². The first-order valence-corrected chi connectivity index (χ1v) is 19.0. The summed E-state index contributed by atoms with van der Waals surface area (Å²) < 4.78 is 0. The standard InChI is InChI=1S/C43H62N4O5/c1-28-20-37(29(2)30(3)43(28,5)6)44-42(51)41-40(31(4)49)39(27-48)52-47(41)25-33-15-12-14-32(21-33)23-46(24-34-16-13-19-36(50)22-34)38(26-45(7)8)35-17-10-9-11-18-35/h9-19,21-22,28-31,37-41,48-50H,20,23-27H2,1-8H3,(H,44,51)/t28-,29+,30+,31+,37+,38-,39+,40-,41+/m1/s1. The van der Waals surface area contributed by atoms with Crippen LogP contribution >= 0.6 is 0 Å². The first-order valence-electron chi connectivity index (χ1n) is 19.0. The van der Waals surface area contributed by atoms with Crippen LogP contribution in [0.2, 0.25) is 0 Å². The molecule has 1 aliphatic heterocycles. The fourth-order valence-electron chi connectivity index (χ4n) is 8.57. The zero-order valence-electron chi connectivity index (χ0n) is 32.4. The van der Waals surface area contributed by atoms with Crippen LogP contribution in [0.1, 0.15) is 76.3 Å². The molecule has 1 amide bonds. The van der Waals surface area contributed by atoms with Crippen molar-refractivity contribution in [3.05, 3.63) is 101 Å². The highest BCUT2D eigenvalue weighted by Crippen LogP contribution is 2.47. The maximum Gasteiger partial charge on any atom is 0.240 e. The monoisotopic (exact) mass is 714 g/mol. The van der Waals surface area contributed by atoms with Crippen LogP contribution in [0.5, 0.6) is 5.75 Å². The van der Waals surface area contributed by atoms with Gasteiger partial charge in [-0.15, -0.1) is 0 Å². The molecule has 2 aliphatic rings. The van der Waals surface area contributed by atoms with Crippen molar-refractivity contribution in [2.75, 3.05) is 27.2 Å². The lowest BCUT2D eigenvalue weighted by Gasteiger charge is -2.50. The van der Waals surface area contributed by atoms with Gasteiger partial charge in [-0.2, -0.15) is 5.06 Å². The second-order valence-corrected chi connectivity index (χ2v) is 16.5. The van der Waals surface area contributed by atoms with Crippen molar-refractivity contribution < 1.29 is 25.0 Å². The van der Waals surface area contributed by atoms with Crippen LogP contribution in [0.15, 0.2) is 78.9 Å². The highest BCUT2D eigenvalue weighted by molar-refractivity contribution is 5.82. The van der Waals surface area contributed by atoms with Crippen molar-refractivity contribution in [2.45, 2.75) is 97.9 Å². The molecule has 0 bridgehead atoms. The predicted octanol–water partition coefficient (Wildman–Crippen LogP) is 5.99. The molecule has 52 heavy (non-hydrogen) atoms. The predicted molar refractivity (Wildman–Crippen MR) is 206 cm³/mol. The fourth-order valence-corrected chi connectivity index (χ4v) is 8.57. The van der Waals surface area contributed by atoms with E-state index in [0.29, 0.717) is 31.5 Å². The van der Waals surface area contributed by atoms with E-state index in [2.05, 4.69) is 100 Å². The number of carbonyl (C=O) groups excluding carboxylic acids is 1. The molecular formula is C43H62N4O5. The Labute approximate surface area is 311 Å². The molecule has 9 atom stereocenters. The summed E-state index contributed by atoms with van der Waals surface area (Å²) in [6.45, 7) is 15.2. The van der Waals surface area contributed by atoms with Crippen LogP contribution in [0.3, 0.4) is 0 Å². The molecule has 4 N–H and O–H groups in total. The zero-order chi connectivity index (χ0) is 37.7. The molecule has 1 saturated heterocycles. The summed E-state index contributed by atoms with van der Waals surface area (Å²) in [5, 5.41) is 36.6. The molecule has 0 spiro atoms. The summed E-state index contributed by atoms with van der Waals surface area (Å²) in [5.74, 6) is 0.636. The van der Waals surface area contributed by atoms with Crippen molar-refractivity contribution in [1.29, 1.82) is 0 Å². The third-order valence-corrected chi connectivity index (χ3v) is 12.4. The number of hydrogen-bond donors (Lipinski definition) is 4. The van der Waals surface area contributed by atoms with Crippen molar-refractivity contribution >= 4 is 5.91 Å². The molecule has 5 rings (SSSR count). The van der Waals surface area contributed by atoms with Gasteiger partial charge < -0.3 is 25.5 Å². The highest BCUT2D eigenvalue weighted by Gasteiger charge is 2.51. The number of aromatic hydroxyl groups is 1. The Kier molecular flexibility index (Phi) is 13.2. The van der Waals surface area contributed by atoms with Crippen molar-refractivity contribution in [2.24, 2.45) is 29.1 Å². The first kappa shape index (κ1) is 39.9. The minimum atomic E-state index is -0.859. The van der Waals surface area contributed by atoms with Gasteiger partial charge in [0.15, 0.2) is 0 Å². The van der Waals surface area contributed by atoms with Crippen LogP contribution in [0.25, 0.3) is 0 Å². The minimum Gasteiger partial charge on any atom is -0.508 e. The first-order chi connectivity index (χ1) is 24.7. The van der Waals surface area contributed by atoms with Crippen LogP contribution < -0.4 is 5.32 Å². The molecule has 0 unspecified atom stereocenters. The number of aliphatic hydroxyl groups excluding tert-OH is 2. The van der Waals surface area contributed by atoms with E-state index >= 15 is 0 Å². The van der Waals surface area contributed by atoms with Crippen molar-refractivity contribution in [3.8, 4) is 5.75 Å². The molecule has 2 fully saturated rings. The van der Waals surface area contributed by atoms with E-state index in [1.54, 1.807) is 18.1 Å². The summed E-state index contributed by atoms with van der Waals surface area (Å²) in [6, 6.07) is 25.6. The van der Waals surface area contributed by atoms with Gasteiger partial charge in [0.25, 0.3) is 0 Å². The Morgan fingerprint density at radius 1 is 0.962 bits per heavy atom. The van der Waals surface area contributed by atoms with Gasteiger partial charge in [0, 0.05) is 37.6 Å². The molecule has 9 nitrogen and oxygen atoms in total. The van der Waals surface area contributed by atoms with Gasteiger partial charge >= 0.3 is 0 Å². The number of hydroxylamine groups is 2. The van der Waals surface area contributed by atoms with Gasteiger partial charge in [-0.3, -0.25) is 14.5 Å². The zero-order valence-corrected chi connectivity index (χ0v) is 32.4. The summed E-state index contributed by atoms with van der Waals surface area (Å²) in [6.07, 6.45) is -0.670. The number of phenols is 1. The molecular weight excluding hydrogens is 652 g/mol. The quantitative estimate of drug-likeness (QED) is 0.161. The topological polar surface area (TPSA) is 109 Å².